The van der Waals surface area contributed by atoms with Gasteiger partial charge in [-0.15, -0.1) is 22.6 Å². The van der Waals surface area contributed by atoms with E-state index >= 15 is 0 Å². The van der Waals surface area contributed by atoms with Gasteiger partial charge < -0.3 is 5.73 Å². The minimum absolute atomic E-state index is 0. The Kier molecular flexibility index (Phi) is 3.99. The van der Waals surface area contributed by atoms with E-state index < -0.39 is 0 Å². The van der Waals surface area contributed by atoms with Crippen LogP contribution in [0.3, 0.4) is 0 Å². The molecule has 0 aliphatic rings. The summed E-state index contributed by atoms with van der Waals surface area (Å²) in [5, 5.41) is 16.0. The molecule has 0 bridgehead atoms. The Hall–Kier alpha value is -0.680. The fourth-order valence-electron chi connectivity index (χ4n) is 0.505. The Morgan fingerprint density at radius 3 is 2.55 bits per heavy atom. The average Bonchev–Trinajstić information content (AvgIpc) is 2.34. The second kappa shape index (κ2) is 4.25. The molecule has 1 aromatic heterocycles. The number of rotatable bonds is 2. The van der Waals surface area contributed by atoms with Gasteiger partial charge in [0.25, 0.3) is 0 Å². The smallest absolute Gasteiger partial charge is 0.182 e. The SMILES string of the molecule is CCc1nnc(C(=N)N)s1.Cl. The Labute approximate surface area is 74.8 Å². The first kappa shape index (κ1) is 10.3. The number of nitrogens with two attached hydrogens (primary N) is 1. The van der Waals surface area contributed by atoms with Crippen molar-refractivity contribution >= 4 is 29.6 Å². The number of halogens is 1. The molecule has 0 radical (unpaired) electrons. The van der Waals surface area contributed by atoms with Crippen LogP contribution in [0.25, 0.3) is 0 Å². The lowest BCUT2D eigenvalue weighted by atomic mass is 10.5. The summed E-state index contributed by atoms with van der Waals surface area (Å²) in [5.41, 5.74) is 5.17. The van der Waals surface area contributed by atoms with Gasteiger partial charge in [-0.1, -0.05) is 18.3 Å². The number of hydrogen-bond donors (Lipinski definition) is 2. The van der Waals surface area contributed by atoms with Gasteiger partial charge >= 0.3 is 0 Å². The van der Waals surface area contributed by atoms with Crippen LogP contribution < -0.4 is 5.73 Å². The summed E-state index contributed by atoms with van der Waals surface area (Å²) in [5.74, 6) is -0.00259. The summed E-state index contributed by atoms with van der Waals surface area (Å²) in [6, 6.07) is 0. The number of aromatic nitrogens is 2. The molecule has 0 saturated carbocycles. The molecule has 4 nitrogen and oxygen atoms in total. The third-order valence-electron chi connectivity index (χ3n) is 1.000. The molecule has 0 atom stereocenters. The summed E-state index contributed by atoms with van der Waals surface area (Å²) in [7, 11) is 0. The number of amidine groups is 1. The normalized spacial score (nSPS) is 8.82. The molecular weight excluding hydrogens is 184 g/mol. The molecule has 0 aliphatic carbocycles. The van der Waals surface area contributed by atoms with E-state index in [1.807, 2.05) is 6.92 Å². The van der Waals surface area contributed by atoms with E-state index in [1.165, 1.54) is 11.3 Å². The summed E-state index contributed by atoms with van der Waals surface area (Å²) in [6.45, 7) is 1.99. The minimum atomic E-state index is -0.00259. The molecule has 6 heteroatoms. The van der Waals surface area contributed by atoms with Crippen LogP contribution in [0.2, 0.25) is 0 Å². The fraction of sp³-hybridized carbons (Fsp3) is 0.400. The second-order valence-electron chi connectivity index (χ2n) is 1.77. The summed E-state index contributed by atoms with van der Waals surface area (Å²) in [4.78, 5) is 0. The molecular formula is C5H9ClN4S. The average molecular weight is 193 g/mol. The van der Waals surface area contributed by atoms with Gasteiger partial charge in [-0.05, 0) is 6.42 Å². The lowest BCUT2D eigenvalue weighted by Crippen LogP contribution is -2.10. The number of hydrogen-bond acceptors (Lipinski definition) is 4. The molecule has 62 valence electrons. The van der Waals surface area contributed by atoms with Crippen molar-refractivity contribution in [3.05, 3.63) is 10.0 Å². The van der Waals surface area contributed by atoms with Crippen LogP contribution >= 0.6 is 23.7 Å². The van der Waals surface area contributed by atoms with Crippen LogP contribution in [0, 0.1) is 5.41 Å². The number of nitrogen functional groups attached to an aromatic ring is 1. The quantitative estimate of drug-likeness (QED) is 0.538. The van der Waals surface area contributed by atoms with E-state index in [0.717, 1.165) is 11.4 Å². The maximum atomic E-state index is 7.01. The van der Waals surface area contributed by atoms with Gasteiger partial charge in [0, 0.05) is 0 Å². The van der Waals surface area contributed by atoms with E-state index in [1.54, 1.807) is 0 Å². The van der Waals surface area contributed by atoms with Crippen molar-refractivity contribution in [2.45, 2.75) is 13.3 Å². The van der Waals surface area contributed by atoms with Gasteiger partial charge in [0.2, 0.25) is 0 Å². The fourth-order valence-corrected chi connectivity index (χ4v) is 1.15. The van der Waals surface area contributed by atoms with Crippen molar-refractivity contribution in [3.8, 4) is 0 Å². The van der Waals surface area contributed by atoms with Crippen LogP contribution in [-0.2, 0) is 6.42 Å². The molecule has 11 heavy (non-hydrogen) atoms. The number of aryl methyl sites for hydroxylation is 1. The predicted octanol–water partition coefficient (Wildman–Crippen LogP) is 0.806. The minimum Gasteiger partial charge on any atom is -0.382 e. The topological polar surface area (TPSA) is 75.7 Å². The Balaban J connectivity index is 0.000001000. The Morgan fingerprint density at radius 1 is 1.64 bits per heavy atom. The van der Waals surface area contributed by atoms with Crippen molar-refractivity contribution < 1.29 is 0 Å². The van der Waals surface area contributed by atoms with E-state index in [0.29, 0.717) is 5.01 Å². The van der Waals surface area contributed by atoms with Crippen LogP contribution in [0.4, 0.5) is 0 Å². The van der Waals surface area contributed by atoms with Gasteiger partial charge in [0.15, 0.2) is 10.8 Å². The molecule has 1 rings (SSSR count). The monoisotopic (exact) mass is 192 g/mol. The Morgan fingerprint density at radius 2 is 2.27 bits per heavy atom. The van der Waals surface area contributed by atoms with Crippen LogP contribution in [0.1, 0.15) is 16.9 Å². The number of nitrogens with one attached hydrogen (secondary N) is 1. The highest BCUT2D eigenvalue weighted by Crippen LogP contribution is 2.08. The van der Waals surface area contributed by atoms with Crippen molar-refractivity contribution in [1.82, 2.24) is 10.2 Å². The van der Waals surface area contributed by atoms with Gasteiger partial charge in [-0.25, -0.2) is 0 Å². The van der Waals surface area contributed by atoms with Crippen LogP contribution in [-0.4, -0.2) is 16.0 Å². The molecule has 0 aliphatic heterocycles. The van der Waals surface area contributed by atoms with Crippen LogP contribution in [0.5, 0.6) is 0 Å². The largest absolute Gasteiger partial charge is 0.382 e. The van der Waals surface area contributed by atoms with E-state index in [-0.39, 0.29) is 18.2 Å². The zero-order valence-electron chi connectivity index (χ0n) is 6.00. The van der Waals surface area contributed by atoms with Crippen molar-refractivity contribution in [3.63, 3.8) is 0 Å². The van der Waals surface area contributed by atoms with Gasteiger partial charge in [-0.2, -0.15) is 0 Å². The molecule has 0 spiro atoms. The lowest BCUT2D eigenvalue weighted by Gasteiger charge is -1.83. The standard InChI is InChI=1S/C5H8N4S.ClH/c1-2-3-8-9-5(10-3)4(6)7;/h2H2,1H3,(H3,6,7);1H. The zero-order valence-corrected chi connectivity index (χ0v) is 7.63. The zero-order chi connectivity index (χ0) is 7.56. The van der Waals surface area contributed by atoms with E-state index in [9.17, 15) is 0 Å². The summed E-state index contributed by atoms with van der Waals surface area (Å²) < 4.78 is 0. The highest BCUT2D eigenvalue weighted by Gasteiger charge is 2.03. The summed E-state index contributed by atoms with van der Waals surface area (Å²) >= 11 is 1.37. The summed E-state index contributed by atoms with van der Waals surface area (Å²) in [6.07, 6.45) is 0.852. The molecule has 1 aromatic rings. The Bertz CT molecular complexity index is 246. The third kappa shape index (κ3) is 2.44. The van der Waals surface area contributed by atoms with Crippen molar-refractivity contribution in [2.75, 3.05) is 0 Å². The van der Waals surface area contributed by atoms with E-state index in [2.05, 4.69) is 10.2 Å². The molecule has 1 heterocycles. The van der Waals surface area contributed by atoms with Gasteiger partial charge in [0.1, 0.15) is 5.01 Å². The maximum Gasteiger partial charge on any atom is 0.182 e. The molecule has 0 fully saturated rings. The highest BCUT2D eigenvalue weighted by molar-refractivity contribution is 7.13. The first-order valence-corrected chi connectivity index (χ1v) is 3.72. The van der Waals surface area contributed by atoms with Gasteiger partial charge in [-0.3, -0.25) is 5.41 Å². The maximum absolute atomic E-state index is 7.01. The molecule has 3 N–H and O–H groups in total. The highest BCUT2D eigenvalue weighted by atomic mass is 35.5. The lowest BCUT2D eigenvalue weighted by molar-refractivity contribution is 0.977. The third-order valence-corrected chi connectivity index (χ3v) is 2.10. The van der Waals surface area contributed by atoms with Crippen molar-refractivity contribution in [2.24, 2.45) is 5.73 Å². The van der Waals surface area contributed by atoms with Crippen molar-refractivity contribution in [1.29, 1.82) is 5.41 Å². The molecule has 0 unspecified atom stereocenters. The molecule has 0 amide bonds. The number of nitrogens with zero attached hydrogens (tertiary/aromatic N) is 2. The van der Waals surface area contributed by atoms with Crippen LogP contribution in [0.15, 0.2) is 0 Å². The molecule has 0 saturated heterocycles. The predicted molar refractivity (Wildman–Crippen MR) is 47.6 cm³/mol. The second-order valence-corrected chi connectivity index (χ2v) is 2.83. The first-order chi connectivity index (χ1) is 4.74. The molecule has 0 aromatic carbocycles. The van der Waals surface area contributed by atoms with Gasteiger partial charge in [0.05, 0.1) is 0 Å². The van der Waals surface area contributed by atoms with E-state index in [4.69, 9.17) is 11.1 Å². The first-order valence-electron chi connectivity index (χ1n) is 2.90.